The number of nitrogens with two attached hydrogens (primary N) is 1. The van der Waals surface area contributed by atoms with E-state index in [9.17, 15) is 13.2 Å². The van der Waals surface area contributed by atoms with Gasteiger partial charge in [0.2, 0.25) is 0 Å². The van der Waals surface area contributed by atoms with E-state index < -0.39 is 9.84 Å². The minimum absolute atomic E-state index is 0.0387. The molecule has 3 fully saturated rings. The highest BCUT2D eigenvalue weighted by molar-refractivity contribution is 7.91. The smallest absolute Gasteiger partial charge is 0.251 e. The highest BCUT2D eigenvalue weighted by Gasteiger charge is 2.40. The summed E-state index contributed by atoms with van der Waals surface area (Å²) in [4.78, 5) is 15.2. The van der Waals surface area contributed by atoms with E-state index in [0.29, 0.717) is 23.3 Å². The summed E-state index contributed by atoms with van der Waals surface area (Å²) in [7, 11) is -3.55. The molecule has 2 aromatic carbocycles. The van der Waals surface area contributed by atoms with Gasteiger partial charge in [0.1, 0.15) is 16.4 Å². The number of fused-ring (bicyclic) bond motifs is 3. The average Bonchev–Trinajstić information content (AvgIpc) is 2.70. The van der Waals surface area contributed by atoms with Crippen LogP contribution < -0.4 is 15.8 Å². The maximum atomic E-state index is 12.8. The number of rotatable bonds is 5. The van der Waals surface area contributed by atoms with Crippen molar-refractivity contribution in [1.82, 2.24) is 10.2 Å². The summed E-state index contributed by atoms with van der Waals surface area (Å²) in [5, 5.41) is 3.20. The molecule has 3 saturated heterocycles. The highest BCUT2D eigenvalue weighted by Crippen LogP contribution is 2.34. The van der Waals surface area contributed by atoms with Crippen LogP contribution >= 0.6 is 0 Å². The number of piperidine rings is 3. The van der Waals surface area contributed by atoms with E-state index in [0.717, 1.165) is 32.2 Å². The van der Waals surface area contributed by atoms with E-state index in [2.05, 4.69) is 17.1 Å². The molecule has 3 heterocycles. The van der Waals surface area contributed by atoms with Crippen molar-refractivity contribution in [1.29, 1.82) is 0 Å². The van der Waals surface area contributed by atoms with Crippen molar-refractivity contribution in [2.45, 2.75) is 36.7 Å². The Morgan fingerprint density at radius 1 is 1.13 bits per heavy atom. The number of amides is 1. The van der Waals surface area contributed by atoms with Crippen LogP contribution in [0, 0.1) is 5.92 Å². The van der Waals surface area contributed by atoms with Crippen LogP contribution in [0.4, 0.5) is 5.69 Å². The van der Waals surface area contributed by atoms with Gasteiger partial charge in [0.25, 0.3) is 5.91 Å². The number of carbonyl (C=O) groups is 1. The second-order valence-corrected chi connectivity index (χ2v) is 10.1. The number of nitrogens with one attached hydrogen (secondary N) is 1. The van der Waals surface area contributed by atoms with Gasteiger partial charge in [0, 0.05) is 23.9 Å². The van der Waals surface area contributed by atoms with Crippen molar-refractivity contribution in [2.24, 2.45) is 5.92 Å². The molecule has 3 N–H and O–H groups in total. The lowest BCUT2D eigenvalue weighted by molar-refractivity contribution is 0.0217. The van der Waals surface area contributed by atoms with Crippen LogP contribution in [0.1, 0.15) is 30.1 Å². The third-order valence-electron chi connectivity index (χ3n) is 6.20. The van der Waals surface area contributed by atoms with Crippen LogP contribution in [0.2, 0.25) is 0 Å². The first-order valence-electron chi connectivity index (χ1n) is 10.2. The van der Waals surface area contributed by atoms with E-state index in [1.165, 1.54) is 6.07 Å². The summed E-state index contributed by atoms with van der Waals surface area (Å²) in [5.74, 6) is 1.02. The number of nitrogens with zero attached hydrogens (tertiary/aromatic N) is 1. The molecule has 5 rings (SSSR count). The van der Waals surface area contributed by atoms with Gasteiger partial charge in [-0.3, -0.25) is 9.69 Å². The third-order valence-corrected chi connectivity index (χ3v) is 7.38. The molecule has 3 aliphatic rings. The molecule has 30 heavy (non-hydrogen) atoms. The topological polar surface area (TPSA) is 102 Å². The molecule has 1 amide bonds. The molecule has 8 heteroatoms. The lowest BCUT2D eigenvalue weighted by Gasteiger charge is -2.49. The van der Waals surface area contributed by atoms with Crippen molar-refractivity contribution < 1.29 is 17.9 Å². The first-order valence-corrected chi connectivity index (χ1v) is 12.0. The number of sulfone groups is 1. The first kappa shape index (κ1) is 20.7. The zero-order chi connectivity index (χ0) is 21.5. The van der Waals surface area contributed by atoms with E-state index in [4.69, 9.17) is 10.5 Å². The van der Waals surface area contributed by atoms with Crippen LogP contribution in [0.25, 0.3) is 0 Å². The summed E-state index contributed by atoms with van der Waals surface area (Å²) in [6.07, 6.45) is 3.35. The van der Waals surface area contributed by atoms with Gasteiger partial charge in [-0.15, -0.1) is 0 Å². The van der Waals surface area contributed by atoms with Crippen molar-refractivity contribution in [2.75, 3.05) is 25.1 Å². The van der Waals surface area contributed by atoms with Gasteiger partial charge in [0.05, 0.1) is 5.69 Å². The molecule has 0 aliphatic carbocycles. The summed E-state index contributed by atoms with van der Waals surface area (Å²) >= 11 is 0. The summed E-state index contributed by atoms with van der Waals surface area (Å²) in [6, 6.07) is 11.9. The standard InChI is InChI=1S/C22H27N3O4S/c1-14-20(15-10-12-25(14)13-11-15)24-22(26)16-6-8-17(9-7-16)29-19-5-3-4-18(23)21(19)30(2,27)28/h3-9,14-15,20H,10-13,23H2,1-2H3,(H,24,26)/t14-,20-/m0/s1. The van der Waals surface area contributed by atoms with Crippen molar-refractivity contribution >= 4 is 21.4 Å². The Labute approximate surface area is 177 Å². The van der Waals surface area contributed by atoms with E-state index in [1.54, 1.807) is 36.4 Å². The Morgan fingerprint density at radius 2 is 1.80 bits per heavy atom. The number of benzene rings is 2. The molecule has 0 radical (unpaired) electrons. The van der Waals surface area contributed by atoms with Gasteiger partial charge in [-0.05, 0) is 75.2 Å². The fourth-order valence-corrected chi connectivity index (χ4v) is 5.56. The predicted octanol–water partition coefficient (Wildman–Crippen LogP) is 2.68. The molecule has 0 spiro atoms. The minimum Gasteiger partial charge on any atom is -0.456 e. The van der Waals surface area contributed by atoms with E-state index in [-0.39, 0.29) is 28.3 Å². The van der Waals surface area contributed by atoms with Gasteiger partial charge in [0.15, 0.2) is 9.84 Å². The van der Waals surface area contributed by atoms with Gasteiger partial charge >= 0.3 is 0 Å². The molecule has 2 bridgehead atoms. The number of ether oxygens (including phenoxy) is 1. The molecular formula is C22H27N3O4S. The largest absolute Gasteiger partial charge is 0.456 e. The first-order chi connectivity index (χ1) is 14.2. The number of carbonyl (C=O) groups excluding carboxylic acids is 1. The van der Waals surface area contributed by atoms with Gasteiger partial charge < -0.3 is 15.8 Å². The Bertz CT molecular complexity index is 1040. The average molecular weight is 430 g/mol. The van der Waals surface area contributed by atoms with E-state index in [1.807, 2.05) is 0 Å². The van der Waals surface area contributed by atoms with Crippen LogP contribution in [-0.4, -0.2) is 50.7 Å². The normalized spacial score (nSPS) is 25.7. The molecule has 7 nitrogen and oxygen atoms in total. The Morgan fingerprint density at radius 3 is 2.40 bits per heavy atom. The maximum Gasteiger partial charge on any atom is 0.251 e. The monoisotopic (exact) mass is 429 g/mol. The fraction of sp³-hybridized carbons (Fsp3) is 0.409. The molecule has 2 aromatic rings. The summed E-state index contributed by atoms with van der Waals surface area (Å²) < 4.78 is 29.9. The zero-order valence-corrected chi connectivity index (χ0v) is 18.0. The fourth-order valence-electron chi connectivity index (χ4n) is 4.59. The van der Waals surface area contributed by atoms with Crippen LogP contribution in [0.5, 0.6) is 11.5 Å². The molecule has 0 aromatic heterocycles. The van der Waals surface area contributed by atoms with Crippen LogP contribution in [-0.2, 0) is 9.84 Å². The minimum atomic E-state index is -3.55. The number of hydrogen-bond donors (Lipinski definition) is 2. The molecule has 3 aliphatic heterocycles. The highest BCUT2D eigenvalue weighted by atomic mass is 32.2. The summed E-state index contributed by atoms with van der Waals surface area (Å²) in [6.45, 7) is 4.41. The van der Waals surface area contributed by atoms with Gasteiger partial charge in [-0.2, -0.15) is 0 Å². The van der Waals surface area contributed by atoms with Crippen LogP contribution in [0.3, 0.4) is 0 Å². The quantitative estimate of drug-likeness (QED) is 0.709. The van der Waals surface area contributed by atoms with Gasteiger partial charge in [-0.1, -0.05) is 6.07 Å². The van der Waals surface area contributed by atoms with E-state index >= 15 is 0 Å². The Hall–Kier alpha value is -2.58. The van der Waals surface area contributed by atoms with Gasteiger partial charge in [-0.25, -0.2) is 8.42 Å². The third kappa shape index (κ3) is 4.02. The predicted molar refractivity (Wildman–Crippen MR) is 115 cm³/mol. The molecule has 2 atom stereocenters. The van der Waals surface area contributed by atoms with Crippen molar-refractivity contribution in [3.05, 3.63) is 48.0 Å². The molecule has 0 saturated carbocycles. The zero-order valence-electron chi connectivity index (χ0n) is 17.2. The number of nitrogen functional groups attached to an aromatic ring is 1. The number of hydrogen-bond acceptors (Lipinski definition) is 6. The Kier molecular flexibility index (Phi) is 5.46. The SMILES string of the molecule is C[C@H]1[C@H](NC(=O)c2ccc(Oc3cccc(N)c3S(C)(=O)=O)cc2)C2CCN1CC2. The Balaban J connectivity index is 1.48. The summed E-state index contributed by atoms with van der Waals surface area (Å²) in [5.41, 5.74) is 6.52. The maximum absolute atomic E-state index is 12.8. The second kappa shape index (κ2) is 7.92. The molecular weight excluding hydrogens is 402 g/mol. The molecule has 0 unspecified atom stereocenters. The second-order valence-electron chi connectivity index (χ2n) is 8.19. The molecule has 160 valence electrons. The van der Waals surface area contributed by atoms with Crippen molar-refractivity contribution in [3.8, 4) is 11.5 Å². The lowest BCUT2D eigenvalue weighted by Crippen LogP contribution is -2.62. The number of anilines is 1. The van der Waals surface area contributed by atoms with Crippen molar-refractivity contribution in [3.63, 3.8) is 0 Å². The van der Waals surface area contributed by atoms with Crippen LogP contribution in [0.15, 0.2) is 47.4 Å². The lowest BCUT2D eigenvalue weighted by atomic mass is 9.79.